The summed E-state index contributed by atoms with van der Waals surface area (Å²) in [6, 6.07) is 4.90. The molecule has 0 radical (unpaired) electrons. The van der Waals surface area contributed by atoms with Crippen LogP contribution in [0.4, 0.5) is 0 Å². The SMILES string of the molecule is Cc1c(Cl)cccc1C(=O)NC1C=CC(C(=O)O)C1. The van der Waals surface area contributed by atoms with E-state index in [0.29, 0.717) is 17.0 Å². The van der Waals surface area contributed by atoms with Crippen LogP contribution in [0.5, 0.6) is 0 Å². The molecule has 1 aromatic rings. The van der Waals surface area contributed by atoms with E-state index in [-0.39, 0.29) is 11.9 Å². The first-order valence-corrected chi connectivity index (χ1v) is 6.34. The van der Waals surface area contributed by atoms with Crippen molar-refractivity contribution in [1.82, 2.24) is 5.32 Å². The second kappa shape index (κ2) is 5.45. The molecule has 1 aliphatic carbocycles. The number of amides is 1. The summed E-state index contributed by atoms with van der Waals surface area (Å²) in [5.74, 6) is -1.63. The molecule has 0 saturated carbocycles. The lowest BCUT2D eigenvalue weighted by molar-refractivity contribution is -0.140. The zero-order chi connectivity index (χ0) is 14.0. The van der Waals surface area contributed by atoms with Crippen molar-refractivity contribution >= 4 is 23.5 Å². The Morgan fingerprint density at radius 2 is 2.11 bits per heavy atom. The number of halogens is 1. The minimum absolute atomic E-state index is 0.235. The van der Waals surface area contributed by atoms with E-state index < -0.39 is 11.9 Å². The number of carbonyl (C=O) groups excluding carboxylic acids is 1. The molecule has 100 valence electrons. The fraction of sp³-hybridized carbons (Fsp3) is 0.286. The molecular weight excluding hydrogens is 266 g/mol. The van der Waals surface area contributed by atoms with Gasteiger partial charge in [0.2, 0.25) is 0 Å². The molecule has 4 nitrogen and oxygen atoms in total. The van der Waals surface area contributed by atoms with Gasteiger partial charge in [0.15, 0.2) is 0 Å². The molecule has 0 bridgehead atoms. The van der Waals surface area contributed by atoms with Crippen LogP contribution in [0, 0.1) is 12.8 Å². The van der Waals surface area contributed by atoms with Crippen LogP contribution >= 0.6 is 11.6 Å². The highest BCUT2D eigenvalue weighted by atomic mass is 35.5. The van der Waals surface area contributed by atoms with Gasteiger partial charge in [0.05, 0.1) is 5.92 Å². The van der Waals surface area contributed by atoms with Crippen molar-refractivity contribution in [3.05, 3.63) is 46.5 Å². The lowest BCUT2D eigenvalue weighted by atomic mass is 10.1. The summed E-state index contributed by atoms with van der Waals surface area (Å²) in [5.41, 5.74) is 1.23. The number of carboxylic acid groups (broad SMARTS) is 1. The van der Waals surface area contributed by atoms with E-state index in [9.17, 15) is 9.59 Å². The lowest BCUT2D eigenvalue weighted by Gasteiger charge is -2.13. The van der Waals surface area contributed by atoms with Crippen LogP contribution in [0.15, 0.2) is 30.4 Å². The molecule has 0 fully saturated rings. The summed E-state index contributed by atoms with van der Waals surface area (Å²) >= 11 is 5.97. The maximum atomic E-state index is 12.1. The average molecular weight is 280 g/mol. The van der Waals surface area contributed by atoms with Gasteiger partial charge in [-0.15, -0.1) is 0 Å². The second-order valence-electron chi connectivity index (χ2n) is 4.56. The first-order chi connectivity index (χ1) is 8.99. The van der Waals surface area contributed by atoms with E-state index in [4.69, 9.17) is 16.7 Å². The van der Waals surface area contributed by atoms with Crippen molar-refractivity contribution in [1.29, 1.82) is 0 Å². The predicted molar refractivity (Wildman–Crippen MR) is 72.3 cm³/mol. The number of aliphatic carboxylic acids is 1. The monoisotopic (exact) mass is 279 g/mol. The molecule has 2 atom stereocenters. The third kappa shape index (κ3) is 2.96. The smallest absolute Gasteiger partial charge is 0.310 e. The molecule has 0 saturated heterocycles. The van der Waals surface area contributed by atoms with Crippen molar-refractivity contribution in [2.75, 3.05) is 0 Å². The van der Waals surface area contributed by atoms with Crippen molar-refractivity contribution < 1.29 is 14.7 Å². The van der Waals surface area contributed by atoms with Crippen LogP contribution in [-0.2, 0) is 4.79 Å². The van der Waals surface area contributed by atoms with Crippen molar-refractivity contribution in [3.8, 4) is 0 Å². The minimum atomic E-state index is -0.869. The maximum Gasteiger partial charge on any atom is 0.310 e. The molecule has 1 amide bonds. The molecule has 0 aliphatic heterocycles. The molecule has 0 heterocycles. The molecule has 5 heteroatoms. The van der Waals surface area contributed by atoms with Crippen LogP contribution in [-0.4, -0.2) is 23.0 Å². The molecule has 2 unspecified atom stereocenters. The fourth-order valence-corrected chi connectivity index (χ4v) is 2.26. The Bertz CT molecular complexity index is 554. The Morgan fingerprint density at radius 3 is 2.74 bits per heavy atom. The normalized spacial score (nSPS) is 21.4. The largest absolute Gasteiger partial charge is 0.481 e. The Kier molecular flexibility index (Phi) is 3.90. The van der Waals surface area contributed by atoms with Crippen LogP contribution in [0.2, 0.25) is 5.02 Å². The summed E-state index contributed by atoms with van der Waals surface area (Å²) in [5, 5.41) is 12.2. The Balaban J connectivity index is 2.05. The van der Waals surface area contributed by atoms with Gasteiger partial charge >= 0.3 is 5.97 Å². The maximum absolute atomic E-state index is 12.1. The van der Waals surface area contributed by atoms with Gasteiger partial charge in [-0.05, 0) is 31.0 Å². The van der Waals surface area contributed by atoms with Gasteiger partial charge < -0.3 is 10.4 Å². The topological polar surface area (TPSA) is 66.4 Å². The quantitative estimate of drug-likeness (QED) is 0.835. The summed E-state index contributed by atoms with van der Waals surface area (Å²) < 4.78 is 0. The number of nitrogens with one attached hydrogen (secondary N) is 1. The Morgan fingerprint density at radius 1 is 1.37 bits per heavy atom. The predicted octanol–water partition coefficient (Wildman–Crippen LogP) is 2.41. The van der Waals surface area contributed by atoms with Gasteiger partial charge in [0.25, 0.3) is 5.91 Å². The molecular formula is C14H14ClNO3. The van der Waals surface area contributed by atoms with Crippen LogP contribution in [0.25, 0.3) is 0 Å². The van der Waals surface area contributed by atoms with E-state index in [1.165, 1.54) is 0 Å². The van der Waals surface area contributed by atoms with E-state index in [1.807, 2.05) is 0 Å². The molecule has 1 aliphatic rings. The third-order valence-electron chi connectivity index (χ3n) is 3.23. The number of carbonyl (C=O) groups is 2. The van der Waals surface area contributed by atoms with Crippen molar-refractivity contribution in [2.45, 2.75) is 19.4 Å². The van der Waals surface area contributed by atoms with Gasteiger partial charge in [-0.25, -0.2) is 0 Å². The summed E-state index contributed by atoms with van der Waals surface area (Å²) in [4.78, 5) is 22.9. The average Bonchev–Trinajstić information content (AvgIpc) is 2.81. The number of carboxylic acids is 1. The minimum Gasteiger partial charge on any atom is -0.481 e. The zero-order valence-electron chi connectivity index (χ0n) is 10.4. The zero-order valence-corrected chi connectivity index (χ0v) is 11.1. The number of hydrogen-bond donors (Lipinski definition) is 2. The van der Waals surface area contributed by atoms with E-state index in [1.54, 1.807) is 37.3 Å². The van der Waals surface area contributed by atoms with Crippen LogP contribution in [0.3, 0.4) is 0 Å². The number of benzene rings is 1. The highest BCUT2D eigenvalue weighted by Crippen LogP contribution is 2.21. The van der Waals surface area contributed by atoms with Gasteiger partial charge in [-0.3, -0.25) is 9.59 Å². The summed E-state index contributed by atoms with van der Waals surface area (Å²) in [7, 11) is 0. The van der Waals surface area contributed by atoms with Crippen LogP contribution in [0.1, 0.15) is 22.3 Å². The van der Waals surface area contributed by atoms with E-state index in [0.717, 1.165) is 5.56 Å². The number of hydrogen-bond acceptors (Lipinski definition) is 2. The summed E-state index contributed by atoms with van der Waals surface area (Å²) in [6.45, 7) is 1.78. The molecule has 2 N–H and O–H groups in total. The second-order valence-corrected chi connectivity index (χ2v) is 4.96. The van der Waals surface area contributed by atoms with Gasteiger partial charge in [-0.2, -0.15) is 0 Å². The van der Waals surface area contributed by atoms with E-state index in [2.05, 4.69) is 5.32 Å². The highest BCUT2D eigenvalue weighted by Gasteiger charge is 2.26. The van der Waals surface area contributed by atoms with Gasteiger partial charge in [0.1, 0.15) is 0 Å². The number of rotatable bonds is 3. The molecule has 0 spiro atoms. The first-order valence-electron chi connectivity index (χ1n) is 5.96. The van der Waals surface area contributed by atoms with Crippen molar-refractivity contribution in [2.24, 2.45) is 5.92 Å². The van der Waals surface area contributed by atoms with Gasteiger partial charge in [-0.1, -0.05) is 29.8 Å². The lowest BCUT2D eigenvalue weighted by Crippen LogP contribution is -2.33. The van der Waals surface area contributed by atoms with E-state index >= 15 is 0 Å². The highest BCUT2D eigenvalue weighted by molar-refractivity contribution is 6.31. The standard InChI is InChI=1S/C14H14ClNO3/c1-8-11(3-2-4-12(8)15)13(17)16-10-6-5-9(7-10)14(18)19/h2-6,9-10H,7H2,1H3,(H,16,17)(H,18,19). The van der Waals surface area contributed by atoms with Crippen molar-refractivity contribution in [3.63, 3.8) is 0 Å². The first kappa shape index (κ1) is 13.6. The molecule has 1 aromatic carbocycles. The van der Waals surface area contributed by atoms with Gasteiger partial charge in [0, 0.05) is 16.6 Å². The Labute approximate surface area is 116 Å². The molecule has 19 heavy (non-hydrogen) atoms. The summed E-state index contributed by atoms with van der Waals surface area (Å²) in [6.07, 6.45) is 3.72. The molecule has 0 aromatic heterocycles. The fourth-order valence-electron chi connectivity index (χ4n) is 2.09. The Hall–Kier alpha value is -1.81. The van der Waals surface area contributed by atoms with Crippen LogP contribution < -0.4 is 5.32 Å². The molecule has 2 rings (SSSR count). The third-order valence-corrected chi connectivity index (χ3v) is 3.64.